The Morgan fingerprint density at radius 1 is 1.30 bits per heavy atom. The highest BCUT2D eigenvalue weighted by molar-refractivity contribution is 5.81. The monoisotopic (exact) mass is 274 g/mol. The fourth-order valence-electron chi connectivity index (χ4n) is 1.89. The first-order valence-corrected chi connectivity index (χ1v) is 6.49. The molecule has 1 atom stereocenters. The van der Waals surface area contributed by atoms with Gasteiger partial charge in [-0.05, 0) is 17.5 Å². The molecule has 1 unspecified atom stereocenters. The SMILES string of the molecule is CC(C)(C)C(O)Cc1ccc2cc([N+](=O)[O-])ccc2n1. The van der Waals surface area contributed by atoms with Crippen molar-refractivity contribution >= 4 is 16.6 Å². The topological polar surface area (TPSA) is 76.3 Å². The highest BCUT2D eigenvalue weighted by atomic mass is 16.6. The number of hydrogen-bond acceptors (Lipinski definition) is 4. The van der Waals surface area contributed by atoms with Crippen molar-refractivity contribution in [2.45, 2.75) is 33.3 Å². The lowest BCUT2D eigenvalue weighted by molar-refractivity contribution is -0.384. The Bertz CT molecular complexity index is 647. The van der Waals surface area contributed by atoms with Gasteiger partial charge in [-0.25, -0.2) is 0 Å². The molecule has 1 aromatic carbocycles. The number of aromatic nitrogens is 1. The Hall–Kier alpha value is -2.01. The third kappa shape index (κ3) is 3.11. The predicted molar refractivity (Wildman–Crippen MR) is 77.6 cm³/mol. The Morgan fingerprint density at radius 2 is 2.00 bits per heavy atom. The van der Waals surface area contributed by atoms with E-state index in [2.05, 4.69) is 4.98 Å². The summed E-state index contributed by atoms with van der Waals surface area (Å²) in [6, 6.07) is 8.20. The lowest BCUT2D eigenvalue weighted by atomic mass is 9.86. The van der Waals surface area contributed by atoms with Crippen molar-refractivity contribution < 1.29 is 10.0 Å². The van der Waals surface area contributed by atoms with E-state index in [0.29, 0.717) is 11.9 Å². The normalized spacial score (nSPS) is 13.4. The average Bonchev–Trinajstić information content (AvgIpc) is 2.36. The first-order valence-electron chi connectivity index (χ1n) is 6.49. The van der Waals surface area contributed by atoms with Gasteiger partial charge < -0.3 is 5.11 Å². The van der Waals surface area contributed by atoms with Gasteiger partial charge in [-0.15, -0.1) is 0 Å². The summed E-state index contributed by atoms with van der Waals surface area (Å²) in [5, 5.41) is 21.5. The minimum Gasteiger partial charge on any atom is -0.392 e. The Balaban J connectivity index is 2.31. The maximum atomic E-state index is 10.7. The second-order valence-electron chi connectivity index (χ2n) is 6.02. The number of nitro groups is 1. The number of pyridine rings is 1. The van der Waals surface area contributed by atoms with Gasteiger partial charge in [-0.2, -0.15) is 0 Å². The van der Waals surface area contributed by atoms with Crippen LogP contribution in [0, 0.1) is 15.5 Å². The molecule has 2 aromatic rings. The van der Waals surface area contributed by atoms with Crippen LogP contribution < -0.4 is 0 Å². The second kappa shape index (κ2) is 5.17. The zero-order chi connectivity index (χ0) is 14.9. The largest absolute Gasteiger partial charge is 0.392 e. The third-order valence-corrected chi connectivity index (χ3v) is 3.34. The third-order valence-electron chi connectivity index (χ3n) is 3.34. The molecule has 0 fully saturated rings. The quantitative estimate of drug-likeness (QED) is 0.689. The number of rotatable bonds is 3. The van der Waals surface area contributed by atoms with Gasteiger partial charge in [0.1, 0.15) is 0 Å². The van der Waals surface area contributed by atoms with Crippen LogP contribution in [0.4, 0.5) is 5.69 Å². The maximum Gasteiger partial charge on any atom is 0.270 e. The summed E-state index contributed by atoms with van der Waals surface area (Å²) in [4.78, 5) is 14.7. The van der Waals surface area contributed by atoms with Crippen LogP contribution in [-0.2, 0) is 6.42 Å². The lowest BCUT2D eigenvalue weighted by Gasteiger charge is -2.25. The van der Waals surface area contributed by atoms with Crippen molar-refractivity contribution in [1.82, 2.24) is 4.98 Å². The second-order valence-corrected chi connectivity index (χ2v) is 6.02. The van der Waals surface area contributed by atoms with E-state index in [1.54, 1.807) is 18.2 Å². The molecule has 0 spiro atoms. The van der Waals surface area contributed by atoms with Gasteiger partial charge in [0.05, 0.1) is 16.5 Å². The zero-order valence-corrected chi connectivity index (χ0v) is 11.8. The minimum absolute atomic E-state index is 0.0572. The van der Waals surface area contributed by atoms with E-state index < -0.39 is 11.0 Å². The predicted octanol–water partition coefficient (Wildman–Crippen LogP) is 3.09. The Morgan fingerprint density at radius 3 is 2.60 bits per heavy atom. The number of benzene rings is 1. The summed E-state index contributed by atoms with van der Waals surface area (Å²) in [6.45, 7) is 5.92. The number of aliphatic hydroxyl groups excluding tert-OH is 1. The highest BCUT2D eigenvalue weighted by Gasteiger charge is 2.22. The van der Waals surface area contributed by atoms with Gasteiger partial charge in [-0.3, -0.25) is 15.1 Å². The Kier molecular flexibility index (Phi) is 3.72. The summed E-state index contributed by atoms with van der Waals surface area (Å²) in [7, 11) is 0. The minimum atomic E-state index is -0.481. The first-order chi connectivity index (χ1) is 9.27. The van der Waals surface area contributed by atoms with Gasteiger partial charge >= 0.3 is 0 Å². The van der Waals surface area contributed by atoms with Crippen LogP contribution in [0.1, 0.15) is 26.5 Å². The number of aliphatic hydroxyl groups is 1. The van der Waals surface area contributed by atoms with E-state index in [1.807, 2.05) is 20.8 Å². The van der Waals surface area contributed by atoms with Crippen LogP contribution in [0.3, 0.4) is 0 Å². The number of fused-ring (bicyclic) bond motifs is 1. The van der Waals surface area contributed by atoms with Crippen LogP contribution in [0.15, 0.2) is 30.3 Å². The van der Waals surface area contributed by atoms with Crippen LogP contribution in [0.2, 0.25) is 0 Å². The van der Waals surface area contributed by atoms with E-state index in [9.17, 15) is 15.2 Å². The van der Waals surface area contributed by atoms with Crippen molar-refractivity contribution in [1.29, 1.82) is 0 Å². The molecule has 20 heavy (non-hydrogen) atoms. The zero-order valence-electron chi connectivity index (χ0n) is 11.8. The Labute approximate surface area is 117 Å². The highest BCUT2D eigenvalue weighted by Crippen LogP contribution is 2.24. The fraction of sp³-hybridized carbons (Fsp3) is 0.400. The van der Waals surface area contributed by atoms with E-state index in [4.69, 9.17) is 0 Å². The van der Waals surface area contributed by atoms with Crippen molar-refractivity contribution in [2.75, 3.05) is 0 Å². The standard InChI is InChI=1S/C15H18N2O3/c1-15(2,3)14(18)9-11-5-4-10-8-12(17(19)20)6-7-13(10)16-11/h4-8,14,18H,9H2,1-3H3. The fourth-order valence-corrected chi connectivity index (χ4v) is 1.89. The van der Waals surface area contributed by atoms with Crippen LogP contribution >= 0.6 is 0 Å². The van der Waals surface area contributed by atoms with E-state index >= 15 is 0 Å². The summed E-state index contributed by atoms with van der Waals surface area (Å²) < 4.78 is 0. The molecule has 0 bridgehead atoms. The smallest absolute Gasteiger partial charge is 0.270 e. The molecule has 0 saturated carbocycles. The van der Waals surface area contributed by atoms with Crippen LogP contribution in [-0.4, -0.2) is 21.1 Å². The van der Waals surface area contributed by atoms with Gasteiger partial charge in [0.15, 0.2) is 0 Å². The van der Waals surface area contributed by atoms with Gasteiger partial charge in [0, 0.05) is 29.6 Å². The van der Waals surface area contributed by atoms with Crippen LogP contribution in [0.25, 0.3) is 10.9 Å². The number of nitro benzene ring substituents is 1. The molecule has 1 heterocycles. The van der Waals surface area contributed by atoms with Crippen LogP contribution in [0.5, 0.6) is 0 Å². The molecule has 2 rings (SSSR count). The van der Waals surface area contributed by atoms with Crippen molar-refractivity contribution in [3.05, 3.63) is 46.1 Å². The molecule has 0 aliphatic carbocycles. The molecular weight excluding hydrogens is 256 g/mol. The summed E-state index contributed by atoms with van der Waals surface area (Å²) in [5.74, 6) is 0. The molecule has 0 saturated heterocycles. The molecule has 5 nitrogen and oxygen atoms in total. The van der Waals surface area contributed by atoms with Crippen molar-refractivity contribution in [3.8, 4) is 0 Å². The number of non-ortho nitro benzene ring substituents is 1. The van der Waals surface area contributed by atoms with E-state index in [-0.39, 0.29) is 11.1 Å². The number of nitrogens with zero attached hydrogens (tertiary/aromatic N) is 2. The molecule has 0 radical (unpaired) electrons. The molecule has 5 heteroatoms. The molecule has 1 aromatic heterocycles. The van der Waals surface area contributed by atoms with E-state index in [1.165, 1.54) is 12.1 Å². The molecule has 0 aliphatic rings. The average molecular weight is 274 g/mol. The van der Waals surface area contributed by atoms with Crippen molar-refractivity contribution in [3.63, 3.8) is 0 Å². The first kappa shape index (κ1) is 14.4. The summed E-state index contributed by atoms with van der Waals surface area (Å²) >= 11 is 0. The van der Waals surface area contributed by atoms with E-state index in [0.717, 1.165) is 11.1 Å². The molecule has 1 N–H and O–H groups in total. The number of hydrogen-bond donors (Lipinski definition) is 1. The molecular formula is C15H18N2O3. The molecule has 0 aliphatic heterocycles. The summed E-state index contributed by atoms with van der Waals surface area (Å²) in [6.07, 6.45) is -0.0123. The van der Waals surface area contributed by atoms with Gasteiger partial charge in [0.2, 0.25) is 0 Å². The summed E-state index contributed by atoms with van der Waals surface area (Å²) in [5.41, 5.74) is 1.34. The van der Waals surface area contributed by atoms with Gasteiger partial charge in [-0.1, -0.05) is 26.8 Å². The lowest BCUT2D eigenvalue weighted by Crippen LogP contribution is -2.28. The molecule has 106 valence electrons. The van der Waals surface area contributed by atoms with Gasteiger partial charge in [0.25, 0.3) is 5.69 Å². The van der Waals surface area contributed by atoms with Crippen molar-refractivity contribution in [2.24, 2.45) is 5.41 Å². The maximum absolute atomic E-state index is 10.7. The molecule has 0 amide bonds.